The van der Waals surface area contributed by atoms with Gasteiger partial charge in [0, 0.05) is 9.29 Å². The summed E-state index contributed by atoms with van der Waals surface area (Å²) in [4.78, 5) is 1.70. The highest BCUT2D eigenvalue weighted by molar-refractivity contribution is 4.99. The third kappa shape index (κ3) is 1.15. The van der Waals surface area contributed by atoms with E-state index in [0.29, 0.717) is 6.54 Å². The zero-order chi connectivity index (χ0) is 10.5. The van der Waals surface area contributed by atoms with Gasteiger partial charge in [0.15, 0.2) is 0 Å². The van der Waals surface area contributed by atoms with Gasteiger partial charge in [0.2, 0.25) is 0 Å². The second-order valence-corrected chi connectivity index (χ2v) is 3.42. The first-order valence-electron chi connectivity index (χ1n) is 5.30. The molecule has 0 aromatic rings. The van der Waals surface area contributed by atoms with Gasteiger partial charge in [-0.1, -0.05) is 0 Å². The summed E-state index contributed by atoms with van der Waals surface area (Å²) in [5.41, 5.74) is 0. The van der Waals surface area contributed by atoms with Crippen molar-refractivity contribution in [2.75, 3.05) is 13.1 Å². The van der Waals surface area contributed by atoms with Gasteiger partial charge in [-0.15, -0.1) is 0 Å². The van der Waals surface area contributed by atoms with Crippen molar-refractivity contribution in [1.29, 1.82) is 0 Å². The van der Waals surface area contributed by atoms with Crippen LogP contribution in [0.1, 0.15) is 15.5 Å². The lowest BCUT2D eigenvalue weighted by atomic mass is 9.97. The van der Waals surface area contributed by atoms with Crippen molar-refractivity contribution in [3.63, 3.8) is 0 Å². The predicted octanol–water partition coefficient (Wildman–Crippen LogP) is -1.45. The molecule has 0 spiro atoms. The summed E-state index contributed by atoms with van der Waals surface area (Å²) in [7, 11) is 0. The normalized spacial score (nSPS) is 63.9. The summed E-state index contributed by atoms with van der Waals surface area (Å²) in [6.45, 7) is 0.620. The number of aliphatic hydroxyl groups is 3. The Morgan fingerprint density at radius 3 is 2.75 bits per heavy atom. The van der Waals surface area contributed by atoms with E-state index in [2.05, 4.69) is 0 Å². The van der Waals surface area contributed by atoms with Crippen LogP contribution in [0.2, 0.25) is 0 Å². The molecule has 4 nitrogen and oxygen atoms in total. The maximum Gasteiger partial charge on any atom is 0.0991 e. The highest BCUT2D eigenvalue weighted by Crippen LogP contribution is 2.27. The van der Waals surface area contributed by atoms with Crippen LogP contribution in [-0.2, 0) is 0 Å². The fourth-order valence-electron chi connectivity index (χ4n) is 1.98. The van der Waals surface area contributed by atoms with Crippen LogP contribution in [0.4, 0.5) is 0 Å². The van der Waals surface area contributed by atoms with Crippen LogP contribution in [0, 0.1) is 0 Å². The van der Waals surface area contributed by atoms with Gasteiger partial charge < -0.3 is 15.3 Å². The zero-order valence-electron chi connectivity index (χ0n) is 8.67. The Morgan fingerprint density at radius 1 is 1.25 bits per heavy atom. The second-order valence-electron chi connectivity index (χ2n) is 3.42. The Kier molecular flexibility index (Phi) is 1.56. The van der Waals surface area contributed by atoms with Crippen LogP contribution in [0.5, 0.6) is 0 Å². The number of piperidine rings is 1. The maximum atomic E-state index is 9.69. The smallest absolute Gasteiger partial charge is 0.0991 e. The second kappa shape index (κ2) is 2.96. The molecular formula is C8H15NO3. The molecular weight excluding hydrogens is 158 g/mol. The highest BCUT2D eigenvalue weighted by Gasteiger charge is 2.45. The number of fused-ring (bicyclic) bond motifs is 1. The number of hydrogen-bond acceptors (Lipinski definition) is 4. The molecule has 2 heterocycles. The molecule has 0 radical (unpaired) electrons. The van der Waals surface area contributed by atoms with Gasteiger partial charge in [-0.05, 0) is 19.3 Å². The van der Waals surface area contributed by atoms with Crippen molar-refractivity contribution in [2.45, 2.75) is 37.1 Å². The molecule has 6 atom stereocenters. The zero-order valence-corrected chi connectivity index (χ0v) is 6.67. The molecule has 4 heteroatoms. The van der Waals surface area contributed by atoms with Gasteiger partial charge >= 0.3 is 0 Å². The monoisotopic (exact) mass is 177 g/mol. The van der Waals surface area contributed by atoms with E-state index in [4.69, 9.17) is 2.74 Å². The summed E-state index contributed by atoms with van der Waals surface area (Å²) < 4.78 is 15.1. The highest BCUT2D eigenvalue weighted by atomic mass is 16.3. The van der Waals surface area contributed by atoms with Gasteiger partial charge in [-0.25, -0.2) is 0 Å². The minimum Gasteiger partial charge on any atom is -0.391 e. The number of aliphatic hydroxyl groups excluding tert-OH is 3. The lowest BCUT2D eigenvalue weighted by Gasteiger charge is -2.34. The van der Waals surface area contributed by atoms with E-state index in [1.54, 1.807) is 4.90 Å². The maximum absolute atomic E-state index is 9.69. The molecule has 2 aliphatic rings. The van der Waals surface area contributed by atoms with E-state index < -0.39 is 37.1 Å². The fraction of sp³-hybridized carbons (Fsp3) is 1.00. The Morgan fingerprint density at radius 2 is 2.00 bits per heavy atom. The lowest BCUT2D eigenvalue weighted by molar-refractivity contribution is -0.0282. The van der Waals surface area contributed by atoms with Gasteiger partial charge in [-0.2, -0.15) is 0 Å². The molecule has 12 heavy (non-hydrogen) atoms. The molecule has 2 rings (SSSR count). The van der Waals surface area contributed by atoms with Gasteiger partial charge in [0.25, 0.3) is 0 Å². The Bertz CT molecular complexity index is 229. The number of nitrogens with zero attached hydrogens (tertiary/aromatic N) is 1. The van der Waals surface area contributed by atoms with Crippen molar-refractivity contribution >= 4 is 0 Å². The summed E-state index contributed by atoms with van der Waals surface area (Å²) >= 11 is 0. The van der Waals surface area contributed by atoms with Crippen LogP contribution in [0.3, 0.4) is 0 Å². The quantitative estimate of drug-likeness (QED) is 0.423. The van der Waals surface area contributed by atoms with E-state index >= 15 is 0 Å². The molecule has 0 saturated carbocycles. The van der Waals surface area contributed by atoms with Crippen molar-refractivity contribution in [1.82, 2.24) is 4.90 Å². The van der Waals surface area contributed by atoms with Crippen molar-refractivity contribution in [3.8, 4) is 0 Å². The Labute approximate surface area is 74.2 Å². The van der Waals surface area contributed by atoms with Crippen LogP contribution in [0.25, 0.3) is 0 Å². The molecule has 0 aromatic carbocycles. The molecule has 0 aromatic heterocycles. The number of rotatable bonds is 0. The molecule has 2 aliphatic heterocycles. The van der Waals surface area contributed by atoms with E-state index in [1.165, 1.54) is 0 Å². The van der Waals surface area contributed by atoms with E-state index in [9.17, 15) is 15.3 Å². The average molecular weight is 177 g/mol. The summed E-state index contributed by atoms with van der Waals surface area (Å²) in [6, 6.07) is -0.575. The summed E-state index contributed by atoms with van der Waals surface area (Å²) in [5, 5.41) is 28.7. The fourth-order valence-corrected chi connectivity index (χ4v) is 1.98. The SMILES string of the molecule is [3H]C1CN2C[C@@H](O)[C@@H](O)[C@H]2[C@H](O)C1[3H]. The first kappa shape index (κ1) is 6.32. The topological polar surface area (TPSA) is 63.9 Å². The molecule has 70 valence electrons. The lowest BCUT2D eigenvalue weighted by Crippen LogP contribution is -2.48. The Balaban J connectivity index is 2.18. The summed E-state index contributed by atoms with van der Waals surface area (Å²) in [6.07, 6.45) is -4.47. The third-order valence-electron chi connectivity index (χ3n) is 2.61. The first-order valence-corrected chi connectivity index (χ1v) is 4.15. The van der Waals surface area contributed by atoms with Crippen LogP contribution >= 0.6 is 0 Å². The van der Waals surface area contributed by atoms with Gasteiger partial charge in [-0.3, -0.25) is 4.90 Å². The third-order valence-corrected chi connectivity index (χ3v) is 2.61. The molecule has 3 N–H and O–H groups in total. The minimum atomic E-state index is -1.04. The van der Waals surface area contributed by atoms with Gasteiger partial charge in [0.05, 0.1) is 24.4 Å². The van der Waals surface area contributed by atoms with E-state index in [-0.39, 0.29) is 6.54 Å². The standard InChI is InChI=1S/C8H15NO3/c10-5-2-1-3-9-4-6(11)8(12)7(5)9/h5-8,10-12H,1-4H2/t5-,6-,7-,8-/m1/s1/i1T,2T/t1?,2?,5-,6-,7-,8-. The molecule has 2 unspecified atom stereocenters. The molecule has 2 saturated heterocycles. The summed E-state index contributed by atoms with van der Waals surface area (Å²) in [5.74, 6) is 0. The first-order chi connectivity index (χ1) is 6.52. The van der Waals surface area contributed by atoms with Crippen LogP contribution < -0.4 is 0 Å². The van der Waals surface area contributed by atoms with Crippen LogP contribution in [-0.4, -0.2) is 57.7 Å². The Hall–Kier alpha value is -0.160. The minimum absolute atomic E-state index is 0.283. The largest absolute Gasteiger partial charge is 0.391 e. The van der Waals surface area contributed by atoms with E-state index in [1.807, 2.05) is 0 Å². The molecule has 0 bridgehead atoms. The molecule has 2 fully saturated rings. The van der Waals surface area contributed by atoms with Crippen molar-refractivity contribution in [3.05, 3.63) is 0 Å². The van der Waals surface area contributed by atoms with Crippen molar-refractivity contribution in [2.24, 2.45) is 0 Å². The molecule has 0 aliphatic carbocycles. The number of hydrogen-bond donors (Lipinski definition) is 3. The predicted molar refractivity (Wildman–Crippen MR) is 42.6 cm³/mol. The van der Waals surface area contributed by atoms with E-state index in [0.717, 1.165) is 0 Å². The average Bonchev–Trinajstić information content (AvgIpc) is 2.39. The van der Waals surface area contributed by atoms with Crippen molar-refractivity contribution < 1.29 is 18.1 Å². The molecule has 0 amide bonds. The van der Waals surface area contributed by atoms with Gasteiger partial charge in [0.1, 0.15) is 0 Å². The van der Waals surface area contributed by atoms with Crippen LogP contribution in [0.15, 0.2) is 0 Å².